The molecule has 0 bridgehead atoms. The summed E-state index contributed by atoms with van der Waals surface area (Å²) in [5, 5.41) is 3.28. The second kappa shape index (κ2) is 6.75. The van der Waals surface area contributed by atoms with E-state index in [4.69, 9.17) is 4.74 Å². The standard InChI is InChI=1S/C16H24N2O2/c1-12(2)15(13-6-4-5-7-14(13)20-3)16(19)18-10-8-17-9-11-18/h4-7,12,15,17H,8-11H2,1-3H3. The van der Waals surface area contributed by atoms with Crippen LogP contribution in [0, 0.1) is 5.92 Å². The molecule has 1 saturated heterocycles. The molecule has 4 heteroatoms. The van der Waals surface area contributed by atoms with Crippen molar-refractivity contribution in [2.24, 2.45) is 5.92 Å². The van der Waals surface area contributed by atoms with E-state index in [-0.39, 0.29) is 17.7 Å². The summed E-state index contributed by atoms with van der Waals surface area (Å²) < 4.78 is 5.43. The molecule has 1 fully saturated rings. The lowest BCUT2D eigenvalue weighted by Crippen LogP contribution is -2.48. The molecule has 1 amide bonds. The van der Waals surface area contributed by atoms with E-state index in [1.165, 1.54) is 0 Å². The normalized spacial score (nSPS) is 17.1. The average molecular weight is 276 g/mol. The first-order valence-corrected chi connectivity index (χ1v) is 7.27. The van der Waals surface area contributed by atoms with Crippen LogP contribution >= 0.6 is 0 Å². The molecule has 4 nitrogen and oxygen atoms in total. The summed E-state index contributed by atoms with van der Waals surface area (Å²) in [5.41, 5.74) is 0.994. The van der Waals surface area contributed by atoms with Gasteiger partial charge in [0.15, 0.2) is 0 Å². The number of amides is 1. The van der Waals surface area contributed by atoms with E-state index < -0.39 is 0 Å². The van der Waals surface area contributed by atoms with Crippen LogP contribution in [-0.4, -0.2) is 44.1 Å². The first-order valence-electron chi connectivity index (χ1n) is 7.27. The van der Waals surface area contributed by atoms with Crippen molar-refractivity contribution in [3.8, 4) is 5.75 Å². The molecule has 1 atom stereocenters. The Morgan fingerprint density at radius 1 is 1.25 bits per heavy atom. The Morgan fingerprint density at radius 2 is 1.90 bits per heavy atom. The molecule has 0 saturated carbocycles. The number of carbonyl (C=O) groups excluding carboxylic acids is 1. The summed E-state index contributed by atoms with van der Waals surface area (Å²) in [6, 6.07) is 7.84. The SMILES string of the molecule is COc1ccccc1C(C(=O)N1CCNCC1)C(C)C. The van der Waals surface area contributed by atoms with Gasteiger partial charge >= 0.3 is 0 Å². The summed E-state index contributed by atoms with van der Waals surface area (Å²) in [7, 11) is 1.66. The third-order valence-corrected chi connectivity index (χ3v) is 3.84. The van der Waals surface area contributed by atoms with Crippen molar-refractivity contribution in [2.75, 3.05) is 33.3 Å². The summed E-state index contributed by atoms with van der Waals surface area (Å²) >= 11 is 0. The van der Waals surface area contributed by atoms with Gasteiger partial charge in [-0.1, -0.05) is 32.0 Å². The molecule has 0 aliphatic carbocycles. The maximum absolute atomic E-state index is 12.9. The lowest BCUT2D eigenvalue weighted by Gasteiger charge is -2.33. The van der Waals surface area contributed by atoms with Gasteiger partial charge in [-0.3, -0.25) is 4.79 Å². The number of benzene rings is 1. The Labute approximate surface area is 121 Å². The molecule has 20 heavy (non-hydrogen) atoms. The first-order chi connectivity index (χ1) is 9.65. The van der Waals surface area contributed by atoms with Crippen LogP contribution in [0.4, 0.5) is 0 Å². The Hall–Kier alpha value is -1.55. The van der Waals surface area contributed by atoms with Crippen LogP contribution in [-0.2, 0) is 4.79 Å². The van der Waals surface area contributed by atoms with E-state index in [1.807, 2.05) is 29.2 Å². The van der Waals surface area contributed by atoms with Gasteiger partial charge in [0.05, 0.1) is 13.0 Å². The van der Waals surface area contributed by atoms with Crippen LogP contribution in [0.3, 0.4) is 0 Å². The lowest BCUT2D eigenvalue weighted by atomic mass is 9.86. The molecule has 2 rings (SSSR count). The minimum absolute atomic E-state index is 0.135. The maximum Gasteiger partial charge on any atom is 0.230 e. The molecule has 1 heterocycles. The monoisotopic (exact) mass is 276 g/mol. The molecule has 1 unspecified atom stereocenters. The van der Waals surface area contributed by atoms with Crippen LogP contribution in [0.25, 0.3) is 0 Å². The maximum atomic E-state index is 12.9. The van der Waals surface area contributed by atoms with Crippen molar-refractivity contribution in [1.82, 2.24) is 10.2 Å². The zero-order chi connectivity index (χ0) is 14.5. The molecule has 0 aromatic heterocycles. The largest absolute Gasteiger partial charge is 0.496 e. The molecule has 1 aromatic carbocycles. The smallest absolute Gasteiger partial charge is 0.230 e. The molecule has 1 aliphatic rings. The Bertz CT molecular complexity index is 454. The number of para-hydroxylation sites is 1. The molecule has 1 N–H and O–H groups in total. The van der Waals surface area contributed by atoms with E-state index in [0.717, 1.165) is 37.5 Å². The Morgan fingerprint density at radius 3 is 2.50 bits per heavy atom. The number of hydrogen-bond donors (Lipinski definition) is 1. The minimum Gasteiger partial charge on any atom is -0.496 e. The summed E-state index contributed by atoms with van der Waals surface area (Å²) in [4.78, 5) is 14.8. The molecular formula is C16H24N2O2. The third-order valence-electron chi connectivity index (χ3n) is 3.84. The number of ether oxygens (including phenoxy) is 1. The predicted molar refractivity (Wildman–Crippen MR) is 80.0 cm³/mol. The highest BCUT2D eigenvalue weighted by molar-refractivity contribution is 5.85. The zero-order valence-corrected chi connectivity index (χ0v) is 12.6. The van der Waals surface area contributed by atoms with Crippen LogP contribution in [0.1, 0.15) is 25.3 Å². The van der Waals surface area contributed by atoms with E-state index in [0.29, 0.717) is 0 Å². The van der Waals surface area contributed by atoms with Gasteiger partial charge < -0.3 is 15.0 Å². The fourth-order valence-electron chi connectivity index (χ4n) is 2.78. The van der Waals surface area contributed by atoms with Crippen molar-refractivity contribution in [1.29, 1.82) is 0 Å². The van der Waals surface area contributed by atoms with Crippen molar-refractivity contribution >= 4 is 5.91 Å². The number of carbonyl (C=O) groups is 1. The first kappa shape index (κ1) is 14.9. The molecular weight excluding hydrogens is 252 g/mol. The summed E-state index contributed by atoms with van der Waals surface area (Å²) in [6.07, 6.45) is 0. The van der Waals surface area contributed by atoms with Gasteiger partial charge in [0, 0.05) is 31.7 Å². The van der Waals surface area contributed by atoms with Gasteiger partial charge in [-0.2, -0.15) is 0 Å². The molecule has 1 aliphatic heterocycles. The van der Waals surface area contributed by atoms with Crippen molar-refractivity contribution < 1.29 is 9.53 Å². The number of rotatable bonds is 4. The van der Waals surface area contributed by atoms with E-state index in [1.54, 1.807) is 7.11 Å². The highest BCUT2D eigenvalue weighted by atomic mass is 16.5. The van der Waals surface area contributed by atoms with Gasteiger partial charge in [-0.05, 0) is 12.0 Å². The van der Waals surface area contributed by atoms with Gasteiger partial charge in [0.25, 0.3) is 0 Å². The summed E-state index contributed by atoms with van der Waals surface area (Å²) in [5.74, 6) is 1.12. The number of nitrogens with zero attached hydrogens (tertiary/aromatic N) is 1. The highest BCUT2D eigenvalue weighted by Gasteiger charge is 2.31. The number of hydrogen-bond acceptors (Lipinski definition) is 3. The van der Waals surface area contributed by atoms with E-state index in [9.17, 15) is 4.79 Å². The van der Waals surface area contributed by atoms with Crippen molar-refractivity contribution in [2.45, 2.75) is 19.8 Å². The lowest BCUT2D eigenvalue weighted by molar-refractivity contribution is -0.134. The van der Waals surface area contributed by atoms with Gasteiger partial charge in [0.2, 0.25) is 5.91 Å². The van der Waals surface area contributed by atoms with Crippen LogP contribution in [0.15, 0.2) is 24.3 Å². The fraction of sp³-hybridized carbons (Fsp3) is 0.562. The Kier molecular flexibility index (Phi) is 5.01. The average Bonchev–Trinajstić information content (AvgIpc) is 2.48. The van der Waals surface area contributed by atoms with Crippen molar-refractivity contribution in [3.05, 3.63) is 29.8 Å². The topological polar surface area (TPSA) is 41.6 Å². The van der Waals surface area contributed by atoms with Gasteiger partial charge in [0.1, 0.15) is 5.75 Å². The van der Waals surface area contributed by atoms with Crippen LogP contribution in [0.5, 0.6) is 5.75 Å². The van der Waals surface area contributed by atoms with E-state index >= 15 is 0 Å². The number of methoxy groups -OCH3 is 1. The quantitative estimate of drug-likeness (QED) is 0.913. The zero-order valence-electron chi connectivity index (χ0n) is 12.6. The van der Waals surface area contributed by atoms with Crippen LogP contribution in [0.2, 0.25) is 0 Å². The molecule has 1 aromatic rings. The van der Waals surface area contributed by atoms with Crippen molar-refractivity contribution in [3.63, 3.8) is 0 Å². The Balaban J connectivity index is 2.28. The number of nitrogens with one attached hydrogen (secondary N) is 1. The third kappa shape index (κ3) is 3.12. The number of piperazine rings is 1. The van der Waals surface area contributed by atoms with Gasteiger partial charge in [-0.25, -0.2) is 0 Å². The van der Waals surface area contributed by atoms with Crippen LogP contribution < -0.4 is 10.1 Å². The minimum atomic E-state index is -0.135. The molecule has 0 radical (unpaired) electrons. The fourth-order valence-corrected chi connectivity index (χ4v) is 2.78. The molecule has 110 valence electrons. The summed E-state index contributed by atoms with van der Waals surface area (Å²) in [6.45, 7) is 7.52. The van der Waals surface area contributed by atoms with Gasteiger partial charge in [-0.15, -0.1) is 0 Å². The second-order valence-electron chi connectivity index (χ2n) is 5.54. The van der Waals surface area contributed by atoms with E-state index in [2.05, 4.69) is 19.2 Å². The predicted octanol–water partition coefficient (Wildman–Crippen LogP) is 1.87. The highest BCUT2D eigenvalue weighted by Crippen LogP contribution is 2.33. The second-order valence-corrected chi connectivity index (χ2v) is 5.54. The molecule has 0 spiro atoms.